The molecule has 0 aliphatic carbocycles. The van der Waals surface area contributed by atoms with Crippen LogP contribution in [-0.2, 0) is 14.4 Å². The molecular formula is C20H33NO4SSi. The van der Waals surface area contributed by atoms with Gasteiger partial charge >= 0.3 is 0 Å². The van der Waals surface area contributed by atoms with Crippen LogP contribution in [0.1, 0.15) is 37.5 Å². The normalized spacial score (nSPS) is 15.3. The van der Waals surface area contributed by atoms with Crippen molar-refractivity contribution in [3.05, 3.63) is 28.8 Å². The Bertz CT molecular complexity index is 796. The van der Waals surface area contributed by atoms with Crippen LogP contribution in [0.5, 0.6) is 0 Å². The molecular weight excluding hydrogens is 378 g/mol. The molecule has 5 nitrogen and oxygen atoms in total. The van der Waals surface area contributed by atoms with Gasteiger partial charge in [-0.05, 0) is 50.0 Å². The number of rotatable bonds is 7. The minimum absolute atomic E-state index is 0.0189. The zero-order valence-corrected chi connectivity index (χ0v) is 19.5. The number of aryl methyl sites for hydroxylation is 3. The van der Waals surface area contributed by atoms with Crippen molar-refractivity contribution in [1.29, 1.82) is 0 Å². The molecule has 0 spiro atoms. The molecule has 0 radical (unpaired) electrons. The Morgan fingerprint density at radius 3 is 2.11 bits per heavy atom. The Labute approximate surface area is 165 Å². The quantitative estimate of drug-likeness (QED) is 0.533. The lowest BCUT2D eigenvalue weighted by Gasteiger charge is -2.37. The molecule has 1 aromatic rings. The third-order valence-corrected chi connectivity index (χ3v) is 11.5. The molecule has 1 rings (SSSR count). The maximum atomic E-state index is 13.0. The SMILES string of the molecule is C#C[C@@H](O)[C@H](CO[Si](C)(C)C(C)(C)C)NS(=O)(=O)c1c(C)cc(C)cc1C. The van der Waals surface area contributed by atoms with Gasteiger partial charge in [-0.2, -0.15) is 0 Å². The Balaban J connectivity index is 3.16. The van der Waals surface area contributed by atoms with Crippen molar-refractivity contribution >= 4 is 18.3 Å². The van der Waals surface area contributed by atoms with Crippen LogP contribution < -0.4 is 4.72 Å². The third-order valence-electron chi connectivity index (χ3n) is 5.16. The molecule has 0 unspecified atom stereocenters. The van der Waals surface area contributed by atoms with Gasteiger partial charge in [-0.3, -0.25) is 0 Å². The van der Waals surface area contributed by atoms with Gasteiger partial charge in [0.05, 0.1) is 17.5 Å². The number of benzene rings is 1. The summed E-state index contributed by atoms with van der Waals surface area (Å²) in [4.78, 5) is 0.217. The molecule has 2 N–H and O–H groups in total. The smallest absolute Gasteiger partial charge is 0.241 e. The summed E-state index contributed by atoms with van der Waals surface area (Å²) in [5.74, 6) is 2.22. The summed E-state index contributed by atoms with van der Waals surface area (Å²) < 4.78 is 34.7. The van der Waals surface area contributed by atoms with E-state index in [-0.39, 0.29) is 16.5 Å². The van der Waals surface area contributed by atoms with E-state index >= 15 is 0 Å². The van der Waals surface area contributed by atoms with Gasteiger partial charge in [0.2, 0.25) is 10.0 Å². The van der Waals surface area contributed by atoms with Gasteiger partial charge in [0.25, 0.3) is 0 Å². The van der Waals surface area contributed by atoms with Crippen molar-refractivity contribution in [3.8, 4) is 12.3 Å². The van der Waals surface area contributed by atoms with E-state index in [2.05, 4.69) is 44.5 Å². The van der Waals surface area contributed by atoms with E-state index in [9.17, 15) is 13.5 Å². The standard InChI is InChI=1S/C20H33NO4SSi/c1-10-18(22)17(13-25-27(8,9)20(5,6)7)21-26(23,24)19-15(3)11-14(2)12-16(19)4/h1,11-12,17-18,21-22H,13H2,2-9H3/t17-,18+/m0/s1. The van der Waals surface area contributed by atoms with Crippen LogP contribution in [0.3, 0.4) is 0 Å². The molecule has 0 bridgehead atoms. The van der Waals surface area contributed by atoms with Crippen LogP contribution >= 0.6 is 0 Å². The molecule has 0 aliphatic heterocycles. The van der Waals surface area contributed by atoms with Crippen molar-refractivity contribution in [2.75, 3.05) is 6.61 Å². The lowest BCUT2D eigenvalue weighted by molar-refractivity contribution is 0.145. The summed E-state index contributed by atoms with van der Waals surface area (Å²) in [6, 6.07) is 2.72. The monoisotopic (exact) mass is 411 g/mol. The van der Waals surface area contributed by atoms with Crippen molar-refractivity contribution in [3.63, 3.8) is 0 Å². The molecule has 0 heterocycles. The molecule has 1 aromatic carbocycles. The molecule has 152 valence electrons. The van der Waals surface area contributed by atoms with Gasteiger partial charge in [0.15, 0.2) is 8.32 Å². The summed E-state index contributed by atoms with van der Waals surface area (Å²) in [6.45, 7) is 15.9. The summed E-state index contributed by atoms with van der Waals surface area (Å²) >= 11 is 0. The predicted octanol–water partition coefficient (Wildman–Crippen LogP) is 3.27. The number of hydrogen-bond acceptors (Lipinski definition) is 4. The Morgan fingerprint density at radius 2 is 1.70 bits per heavy atom. The first kappa shape index (κ1) is 23.9. The number of aliphatic hydroxyl groups is 1. The summed E-state index contributed by atoms with van der Waals surface area (Å²) in [7, 11) is -5.99. The van der Waals surface area contributed by atoms with Crippen LogP contribution in [-0.4, -0.2) is 40.6 Å². The molecule has 0 aliphatic rings. The van der Waals surface area contributed by atoms with E-state index in [1.807, 2.05) is 19.1 Å². The van der Waals surface area contributed by atoms with Gasteiger partial charge in [-0.25, -0.2) is 13.1 Å². The molecule has 27 heavy (non-hydrogen) atoms. The second-order valence-corrected chi connectivity index (χ2v) is 15.1. The molecule has 0 amide bonds. The molecule has 0 saturated carbocycles. The number of aliphatic hydroxyl groups excluding tert-OH is 1. The van der Waals surface area contributed by atoms with Gasteiger partial charge in [0.1, 0.15) is 6.10 Å². The van der Waals surface area contributed by atoms with Gasteiger partial charge in [-0.1, -0.05) is 44.4 Å². The highest BCUT2D eigenvalue weighted by Crippen LogP contribution is 2.36. The Hall–Kier alpha value is -1.17. The lowest BCUT2D eigenvalue weighted by atomic mass is 10.1. The van der Waals surface area contributed by atoms with Crippen molar-refractivity contribution < 1.29 is 18.0 Å². The van der Waals surface area contributed by atoms with Crippen LogP contribution in [0, 0.1) is 33.1 Å². The van der Waals surface area contributed by atoms with Gasteiger partial charge < -0.3 is 9.53 Å². The highest BCUT2D eigenvalue weighted by atomic mass is 32.2. The number of nitrogens with one attached hydrogen (secondary N) is 1. The fourth-order valence-corrected chi connectivity index (χ4v) is 5.38. The van der Waals surface area contributed by atoms with E-state index in [4.69, 9.17) is 10.8 Å². The minimum Gasteiger partial charge on any atom is -0.415 e. The average Bonchev–Trinajstić information content (AvgIpc) is 2.47. The van der Waals surface area contributed by atoms with E-state index in [0.717, 1.165) is 5.56 Å². The predicted molar refractivity (Wildman–Crippen MR) is 113 cm³/mol. The van der Waals surface area contributed by atoms with E-state index in [1.165, 1.54) is 0 Å². The van der Waals surface area contributed by atoms with Crippen molar-refractivity contribution in [2.24, 2.45) is 0 Å². The first-order chi connectivity index (χ1) is 12.1. The molecule has 0 fully saturated rings. The zero-order valence-electron chi connectivity index (χ0n) is 17.7. The first-order valence-corrected chi connectivity index (χ1v) is 13.4. The molecule has 0 aromatic heterocycles. The van der Waals surface area contributed by atoms with Crippen molar-refractivity contribution in [2.45, 2.75) is 76.7 Å². The highest BCUT2D eigenvalue weighted by Gasteiger charge is 2.38. The second-order valence-electron chi connectivity index (χ2n) is 8.64. The summed E-state index contributed by atoms with van der Waals surface area (Å²) in [6.07, 6.45) is 4.07. The fraction of sp³-hybridized carbons (Fsp3) is 0.600. The van der Waals surface area contributed by atoms with E-state index < -0.39 is 30.5 Å². The van der Waals surface area contributed by atoms with Crippen molar-refractivity contribution in [1.82, 2.24) is 4.72 Å². The number of hydrogen-bond donors (Lipinski definition) is 2. The van der Waals surface area contributed by atoms with Crippen LogP contribution in [0.25, 0.3) is 0 Å². The minimum atomic E-state index is -3.87. The zero-order chi connectivity index (χ0) is 21.2. The van der Waals surface area contributed by atoms with E-state index in [0.29, 0.717) is 11.1 Å². The second kappa shape index (κ2) is 8.46. The highest BCUT2D eigenvalue weighted by molar-refractivity contribution is 7.89. The van der Waals surface area contributed by atoms with Crippen LogP contribution in [0.4, 0.5) is 0 Å². The first-order valence-electron chi connectivity index (χ1n) is 9.00. The summed E-state index contributed by atoms with van der Waals surface area (Å²) in [5.41, 5.74) is 2.30. The van der Waals surface area contributed by atoms with E-state index in [1.54, 1.807) is 13.8 Å². The lowest BCUT2D eigenvalue weighted by Crippen LogP contribution is -2.50. The van der Waals surface area contributed by atoms with Crippen LogP contribution in [0.2, 0.25) is 18.1 Å². The van der Waals surface area contributed by atoms with Gasteiger partial charge in [0, 0.05) is 0 Å². The van der Waals surface area contributed by atoms with Gasteiger partial charge in [-0.15, -0.1) is 6.42 Å². The molecule has 7 heteroatoms. The molecule has 2 atom stereocenters. The average molecular weight is 412 g/mol. The maximum Gasteiger partial charge on any atom is 0.241 e. The van der Waals surface area contributed by atoms with Crippen LogP contribution in [0.15, 0.2) is 17.0 Å². The Kier molecular flexibility index (Phi) is 7.47. The molecule has 0 saturated heterocycles. The fourth-order valence-electron chi connectivity index (χ4n) is 2.67. The third kappa shape index (κ3) is 5.90. The topological polar surface area (TPSA) is 75.6 Å². The number of terminal acetylenes is 1. The Morgan fingerprint density at radius 1 is 1.22 bits per heavy atom. The summed E-state index contributed by atoms with van der Waals surface area (Å²) in [5, 5.41) is 10.1. The largest absolute Gasteiger partial charge is 0.415 e. The number of sulfonamides is 1. The maximum absolute atomic E-state index is 13.0.